The van der Waals surface area contributed by atoms with Crippen LogP contribution in [0, 0.1) is 0 Å². The van der Waals surface area contributed by atoms with Gasteiger partial charge in [-0.2, -0.15) is 0 Å². The molecule has 1 aromatic carbocycles. The van der Waals surface area contributed by atoms with Crippen LogP contribution in [0.25, 0.3) is 0 Å². The van der Waals surface area contributed by atoms with Crippen LogP contribution in [0.15, 0.2) is 24.3 Å². The van der Waals surface area contributed by atoms with Gasteiger partial charge in [-0.25, -0.2) is 0 Å². The number of carbonyl (C=O) groups excluding carboxylic acids is 2. The van der Waals surface area contributed by atoms with Gasteiger partial charge in [0.05, 0.1) is 12.1 Å². The summed E-state index contributed by atoms with van der Waals surface area (Å²) in [7, 11) is 0. The average molecular weight is 288 g/mol. The highest BCUT2D eigenvalue weighted by molar-refractivity contribution is 5.99. The molecule has 0 radical (unpaired) electrons. The predicted octanol–water partition coefficient (Wildman–Crippen LogP) is 2.18. The molecule has 3 rings (SSSR count). The number of fused-ring (bicyclic) bond motifs is 1. The van der Waals surface area contributed by atoms with Gasteiger partial charge < -0.3 is 15.0 Å². The second-order valence-electron chi connectivity index (χ2n) is 5.59. The molecule has 2 heterocycles. The highest BCUT2D eigenvalue weighted by Crippen LogP contribution is 2.29. The highest BCUT2D eigenvalue weighted by atomic mass is 16.5. The summed E-state index contributed by atoms with van der Waals surface area (Å²) in [6, 6.07) is 7.29. The number of hydrogen-bond acceptors (Lipinski definition) is 3. The fraction of sp³-hybridized carbons (Fsp3) is 0.500. The molecule has 1 atom stereocenters. The van der Waals surface area contributed by atoms with Crippen molar-refractivity contribution in [2.24, 2.45) is 0 Å². The van der Waals surface area contributed by atoms with E-state index in [0.29, 0.717) is 11.4 Å². The summed E-state index contributed by atoms with van der Waals surface area (Å²) in [6.07, 6.45) is 3.84. The minimum absolute atomic E-state index is 0.0106. The van der Waals surface area contributed by atoms with E-state index in [1.54, 1.807) is 12.1 Å². The first-order valence-corrected chi connectivity index (χ1v) is 7.58. The Morgan fingerprint density at radius 3 is 2.67 bits per heavy atom. The van der Waals surface area contributed by atoms with Gasteiger partial charge in [0.15, 0.2) is 6.10 Å². The molecular weight excluding hydrogens is 268 g/mol. The molecule has 1 saturated heterocycles. The van der Waals surface area contributed by atoms with E-state index in [2.05, 4.69) is 5.32 Å². The zero-order chi connectivity index (χ0) is 14.7. The minimum Gasteiger partial charge on any atom is -0.478 e. The molecular formula is C16H20N2O3. The van der Waals surface area contributed by atoms with Gasteiger partial charge in [-0.3, -0.25) is 9.59 Å². The van der Waals surface area contributed by atoms with Crippen LogP contribution in [-0.2, 0) is 9.59 Å². The number of nitrogens with zero attached hydrogens (tertiary/aromatic N) is 1. The maximum atomic E-state index is 12.3. The standard InChI is InChI=1S/C16H20N2O3/c19-15(18-9-5-1-2-6-10-18)11-14-16(20)17-12-7-3-4-8-13(12)21-14/h3-4,7-8,14H,1-2,5-6,9-11H2,(H,17,20). The lowest BCUT2D eigenvalue weighted by molar-refractivity contribution is -0.137. The van der Waals surface area contributed by atoms with Crippen LogP contribution in [0.2, 0.25) is 0 Å². The quantitative estimate of drug-likeness (QED) is 0.907. The number of nitrogens with one attached hydrogen (secondary N) is 1. The van der Waals surface area contributed by atoms with Gasteiger partial charge in [-0.05, 0) is 25.0 Å². The van der Waals surface area contributed by atoms with E-state index in [9.17, 15) is 9.59 Å². The lowest BCUT2D eigenvalue weighted by atomic mass is 10.1. The maximum Gasteiger partial charge on any atom is 0.266 e. The summed E-state index contributed by atoms with van der Waals surface area (Å²) >= 11 is 0. The third-order valence-corrected chi connectivity index (χ3v) is 4.03. The molecule has 0 spiro atoms. The molecule has 1 aromatic rings. The third kappa shape index (κ3) is 3.17. The molecule has 0 aliphatic carbocycles. The Morgan fingerprint density at radius 2 is 1.90 bits per heavy atom. The second kappa shape index (κ2) is 6.16. The number of carbonyl (C=O) groups is 2. The molecule has 0 aromatic heterocycles. The van der Waals surface area contributed by atoms with Gasteiger partial charge >= 0.3 is 0 Å². The number of likely N-dealkylation sites (tertiary alicyclic amines) is 1. The predicted molar refractivity (Wildman–Crippen MR) is 79.2 cm³/mol. The molecule has 1 fully saturated rings. The summed E-state index contributed by atoms with van der Waals surface area (Å²) in [6.45, 7) is 1.59. The topological polar surface area (TPSA) is 58.6 Å². The van der Waals surface area contributed by atoms with Crippen LogP contribution >= 0.6 is 0 Å². The number of para-hydroxylation sites is 2. The Kier molecular flexibility index (Phi) is 4.08. The zero-order valence-electron chi connectivity index (χ0n) is 12.0. The monoisotopic (exact) mass is 288 g/mol. The fourth-order valence-electron chi connectivity index (χ4n) is 2.83. The summed E-state index contributed by atoms with van der Waals surface area (Å²) < 4.78 is 5.68. The van der Waals surface area contributed by atoms with E-state index in [1.165, 1.54) is 12.8 Å². The van der Waals surface area contributed by atoms with Crippen LogP contribution in [0.1, 0.15) is 32.1 Å². The van der Waals surface area contributed by atoms with Crippen molar-refractivity contribution in [3.63, 3.8) is 0 Å². The Hall–Kier alpha value is -2.04. The lowest BCUT2D eigenvalue weighted by Gasteiger charge is -2.27. The van der Waals surface area contributed by atoms with Crippen LogP contribution in [-0.4, -0.2) is 35.9 Å². The largest absolute Gasteiger partial charge is 0.478 e. The Balaban J connectivity index is 1.65. The van der Waals surface area contributed by atoms with E-state index in [-0.39, 0.29) is 18.2 Å². The van der Waals surface area contributed by atoms with E-state index < -0.39 is 6.10 Å². The van der Waals surface area contributed by atoms with Crippen molar-refractivity contribution >= 4 is 17.5 Å². The van der Waals surface area contributed by atoms with Gasteiger partial charge in [-0.15, -0.1) is 0 Å². The Morgan fingerprint density at radius 1 is 1.19 bits per heavy atom. The number of benzene rings is 1. The molecule has 21 heavy (non-hydrogen) atoms. The number of hydrogen-bond donors (Lipinski definition) is 1. The van der Waals surface area contributed by atoms with Crippen LogP contribution in [0.3, 0.4) is 0 Å². The third-order valence-electron chi connectivity index (χ3n) is 4.03. The van der Waals surface area contributed by atoms with Crippen molar-refractivity contribution in [2.45, 2.75) is 38.2 Å². The molecule has 5 nitrogen and oxygen atoms in total. The number of rotatable bonds is 2. The molecule has 0 saturated carbocycles. The zero-order valence-corrected chi connectivity index (χ0v) is 12.0. The van der Waals surface area contributed by atoms with Gasteiger partial charge in [-0.1, -0.05) is 25.0 Å². The van der Waals surface area contributed by atoms with E-state index in [0.717, 1.165) is 25.9 Å². The summed E-state index contributed by atoms with van der Waals surface area (Å²) in [4.78, 5) is 26.2. The molecule has 2 amide bonds. The van der Waals surface area contributed by atoms with Gasteiger partial charge in [0.2, 0.25) is 5.91 Å². The van der Waals surface area contributed by atoms with Gasteiger partial charge in [0.1, 0.15) is 5.75 Å². The normalized spacial score (nSPS) is 21.8. The molecule has 1 N–H and O–H groups in total. The van der Waals surface area contributed by atoms with E-state index in [4.69, 9.17) is 4.74 Å². The molecule has 5 heteroatoms. The Bertz CT molecular complexity index is 536. The summed E-state index contributed by atoms with van der Waals surface area (Å²) in [5, 5.41) is 2.80. The molecule has 112 valence electrons. The maximum absolute atomic E-state index is 12.3. The smallest absolute Gasteiger partial charge is 0.266 e. The minimum atomic E-state index is -0.726. The van der Waals surface area contributed by atoms with Crippen molar-refractivity contribution < 1.29 is 14.3 Å². The van der Waals surface area contributed by atoms with Gasteiger partial charge in [0, 0.05) is 13.1 Å². The number of anilines is 1. The first kappa shape index (κ1) is 13.9. The molecule has 0 bridgehead atoms. The van der Waals surface area contributed by atoms with Crippen LogP contribution < -0.4 is 10.1 Å². The summed E-state index contributed by atoms with van der Waals surface area (Å²) in [5.41, 5.74) is 0.668. The van der Waals surface area contributed by atoms with Crippen molar-refractivity contribution in [1.82, 2.24) is 4.90 Å². The first-order chi connectivity index (χ1) is 10.2. The van der Waals surface area contributed by atoms with Crippen molar-refractivity contribution in [3.05, 3.63) is 24.3 Å². The summed E-state index contributed by atoms with van der Waals surface area (Å²) in [5.74, 6) is 0.402. The van der Waals surface area contributed by atoms with Crippen molar-refractivity contribution in [3.8, 4) is 5.75 Å². The molecule has 2 aliphatic heterocycles. The van der Waals surface area contributed by atoms with Crippen molar-refractivity contribution in [2.75, 3.05) is 18.4 Å². The van der Waals surface area contributed by atoms with Crippen LogP contribution in [0.5, 0.6) is 5.75 Å². The van der Waals surface area contributed by atoms with Gasteiger partial charge in [0.25, 0.3) is 5.91 Å². The lowest BCUT2D eigenvalue weighted by Crippen LogP contribution is -2.42. The van der Waals surface area contributed by atoms with Crippen molar-refractivity contribution in [1.29, 1.82) is 0 Å². The number of ether oxygens (including phenoxy) is 1. The average Bonchev–Trinajstić information content (AvgIpc) is 2.77. The van der Waals surface area contributed by atoms with E-state index >= 15 is 0 Å². The van der Waals surface area contributed by atoms with Crippen LogP contribution in [0.4, 0.5) is 5.69 Å². The first-order valence-electron chi connectivity index (χ1n) is 7.58. The molecule has 2 aliphatic rings. The SMILES string of the molecule is O=C1Nc2ccccc2OC1CC(=O)N1CCCCCC1. The highest BCUT2D eigenvalue weighted by Gasteiger charge is 2.31. The Labute approximate surface area is 124 Å². The fourth-order valence-corrected chi connectivity index (χ4v) is 2.83. The second-order valence-corrected chi connectivity index (χ2v) is 5.59. The molecule has 1 unspecified atom stereocenters. The van der Waals surface area contributed by atoms with E-state index in [1.807, 2.05) is 17.0 Å². The number of amides is 2.